The van der Waals surface area contributed by atoms with Gasteiger partial charge in [0.25, 0.3) is 0 Å². The summed E-state index contributed by atoms with van der Waals surface area (Å²) in [7, 11) is 0. The highest BCUT2D eigenvalue weighted by atomic mass is 16.6. The Kier molecular flexibility index (Phi) is 20.3. The van der Waals surface area contributed by atoms with Crippen molar-refractivity contribution in [3.63, 3.8) is 0 Å². The van der Waals surface area contributed by atoms with Gasteiger partial charge >= 0.3 is 6.09 Å². The second-order valence-corrected chi connectivity index (χ2v) is 21.0. The number of aryl methyl sites for hydroxylation is 2. The molecule has 0 bridgehead atoms. The molecule has 3 aliphatic heterocycles. The van der Waals surface area contributed by atoms with Gasteiger partial charge in [-0.15, -0.1) is 0 Å². The molecule has 7 amide bonds. The quantitative estimate of drug-likeness (QED) is 0.0598. The van der Waals surface area contributed by atoms with Gasteiger partial charge in [0.15, 0.2) is 0 Å². The minimum Gasteiger partial charge on any atom is -0.489 e. The van der Waals surface area contributed by atoms with Crippen LogP contribution in [0, 0.1) is 0 Å². The molecular formula is C61H72N12O9. The number of nitrogens with two attached hydrogens (primary N) is 1. The molecule has 10 N–H and O–H groups in total. The number of alkyl carbamates (subject to hydrolysis) is 1. The summed E-state index contributed by atoms with van der Waals surface area (Å²) in [5.74, 6) is -3.55. The third kappa shape index (κ3) is 16.0. The van der Waals surface area contributed by atoms with Crippen LogP contribution in [0.3, 0.4) is 0 Å². The molecule has 7 atom stereocenters. The van der Waals surface area contributed by atoms with Gasteiger partial charge in [0.2, 0.25) is 35.4 Å². The number of H-pyrrole nitrogens is 1. The molecule has 5 heterocycles. The van der Waals surface area contributed by atoms with Gasteiger partial charge in [-0.2, -0.15) is 0 Å². The van der Waals surface area contributed by atoms with E-state index >= 15 is 28.8 Å². The zero-order valence-electron chi connectivity index (χ0n) is 45.7. The Hall–Kier alpha value is -8.66. The lowest BCUT2D eigenvalue weighted by Gasteiger charge is -2.33. The number of hydrogen-bond acceptors (Lipinski definition) is 13. The van der Waals surface area contributed by atoms with Crippen LogP contribution in [0.25, 0.3) is 10.9 Å². The molecule has 3 saturated heterocycles. The number of pyridine rings is 1. The number of hydrogen-bond donors (Lipinski definition) is 9. The minimum absolute atomic E-state index is 0.0183. The third-order valence-corrected chi connectivity index (χ3v) is 15.1. The molecule has 9 rings (SSSR count). The number of nitrogens with zero attached hydrogens (tertiary/aromatic N) is 3. The van der Waals surface area contributed by atoms with Crippen LogP contribution in [0.1, 0.15) is 47.1 Å². The first-order valence-corrected chi connectivity index (χ1v) is 28.1. The summed E-state index contributed by atoms with van der Waals surface area (Å²) in [6.07, 6.45) is 3.70. The highest BCUT2D eigenvalue weighted by molar-refractivity contribution is 5.99. The molecule has 4 aromatic carbocycles. The molecule has 0 spiro atoms. The largest absolute Gasteiger partial charge is 0.489 e. The fourth-order valence-electron chi connectivity index (χ4n) is 10.6. The van der Waals surface area contributed by atoms with Crippen molar-refractivity contribution in [2.75, 3.05) is 52.4 Å². The molecule has 3 aliphatic rings. The molecular weight excluding hydrogens is 1040 g/mol. The fourth-order valence-corrected chi connectivity index (χ4v) is 10.6. The molecule has 430 valence electrons. The van der Waals surface area contributed by atoms with Crippen LogP contribution in [0.4, 0.5) is 4.79 Å². The maximum absolute atomic E-state index is 15.4. The van der Waals surface area contributed by atoms with E-state index in [-0.39, 0.29) is 64.7 Å². The van der Waals surface area contributed by atoms with Crippen molar-refractivity contribution >= 4 is 52.4 Å². The molecule has 21 nitrogen and oxygen atoms in total. The van der Waals surface area contributed by atoms with Gasteiger partial charge in [0.05, 0.1) is 6.54 Å². The van der Waals surface area contributed by atoms with E-state index in [0.717, 1.165) is 27.6 Å². The Morgan fingerprint density at radius 2 is 1.24 bits per heavy atom. The maximum Gasteiger partial charge on any atom is 0.407 e. The molecule has 2 aromatic heterocycles. The second kappa shape index (κ2) is 28.7. The van der Waals surface area contributed by atoms with Crippen molar-refractivity contribution in [1.29, 1.82) is 0 Å². The van der Waals surface area contributed by atoms with Crippen LogP contribution < -0.4 is 47.7 Å². The number of aromatic nitrogens is 2. The van der Waals surface area contributed by atoms with Crippen molar-refractivity contribution < 1.29 is 43.0 Å². The highest BCUT2D eigenvalue weighted by Gasteiger charge is 2.45. The third-order valence-electron chi connectivity index (χ3n) is 15.1. The van der Waals surface area contributed by atoms with Crippen molar-refractivity contribution in [1.82, 2.24) is 57.0 Å². The average molecular weight is 1120 g/mol. The Bertz CT molecular complexity index is 3110. The maximum atomic E-state index is 15.4. The minimum atomic E-state index is -1.33. The molecule has 3 fully saturated rings. The first-order chi connectivity index (χ1) is 40.0. The normalized spacial score (nSPS) is 22.4. The number of piperazine rings is 1. The van der Waals surface area contributed by atoms with Crippen LogP contribution in [-0.4, -0.2) is 156 Å². The van der Waals surface area contributed by atoms with Crippen molar-refractivity contribution in [2.24, 2.45) is 5.73 Å². The Labute approximate surface area is 476 Å². The van der Waals surface area contributed by atoms with E-state index in [2.05, 4.69) is 47.2 Å². The molecule has 6 aromatic rings. The molecule has 0 saturated carbocycles. The lowest BCUT2D eigenvalue weighted by atomic mass is 10.00. The number of rotatable bonds is 18. The van der Waals surface area contributed by atoms with E-state index in [4.69, 9.17) is 15.2 Å². The van der Waals surface area contributed by atoms with Gasteiger partial charge in [0.1, 0.15) is 54.7 Å². The van der Waals surface area contributed by atoms with E-state index < -0.39 is 83.9 Å². The van der Waals surface area contributed by atoms with E-state index in [1.165, 1.54) is 4.90 Å². The predicted molar refractivity (Wildman–Crippen MR) is 307 cm³/mol. The van der Waals surface area contributed by atoms with E-state index in [9.17, 15) is 4.79 Å². The van der Waals surface area contributed by atoms with Gasteiger partial charge < -0.3 is 62.3 Å². The van der Waals surface area contributed by atoms with Crippen molar-refractivity contribution in [3.8, 4) is 5.75 Å². The summed E-state index contributed by atoms with van der Waals surface area (Å²) in [6.45, 7) is 2.77. The summed E-state index contributed by atoms with van der Waals surface area (Å²) < 4.78 is 11.8. The van der Waals surface area contributed by atoms with Crippen molar-refractivity contribution in [2.45, 2.75) is 93.9 Å². The standard InChI is InChI=1S/C61H72N12O9/c62-25-27-65-61(80)82-46-34-54-59(78)67-49(23-19-40-10-3-1-4-11-40)55(74)70-52(33-44-36-66-48-16-8-7-15-47(44)48)57(76)71-53(38-72-30-28-63-29-31-72)58(77)69-51(32-41-17-21-45(22-18-41)81-39-43-12-5-2-6-13-43)56(75)68-50(60(79)73(54)37-46)24-20-42-14-9-26-64-35-42/h1-18,21-22,26,35-36,46,49-54,63,66H,19-20,23-25,27-34,37-39,62H2,(H,65,80)(H,67,78)(H,68,75)(H,69,77)(H,70,74)(H,71,76)/t46-,49+,50+,51+,52-,53?,54+/m1/s1. The monoisotopic (exact) mass is 1120 g/mol. The zero-order chi connectivity index (χ0) is 57.2. The molecule has 82 heavy (non-hydrogen) atoms. The summed E-state index contributed by atoms with van der Waals surface area (Å²) in [5.41, 5.74) is 10.4. The Morgan fingerprint density at radius 1 is 0.634 bits per heavy atom. The number of nitrogens with one attached hydrogen (secondary N) is 8. The summed E-state index contributed by atoms with van der Waals surface area (Å²) >= 11 is 0. The number of carbonyl (C=O) groups is 7. The first-order valence-electron chi connectivity index (χ1n) is 28.1. The number of benzene rings is 4. The van der Waals surface area contributed by atoms with Crippen LogP contribution in [0.15, 0.2) is 140 Å². The summed E-state index contributed by atoms with van der Waals surface area (Å²) in [4.78, 5) is 115. The van der Waals surface area contributed by atoms with Crippen LogP contribution in [0.2, 0.25) is 0 Å². The Morgan fingerprint density at radius 3 is 1.96 bits per heavy atom. The number of aromatic amines is 1. The van der Waals surface area contributed by atoms with Crippen molar-refractivity contribution in [3.05, 3.63) is 168 Å². The smallest absolute Gasteiger partial charge is 0.407 e. The SMILES string of the molecule is NCCNC(=O)O[C@@H]1C[C@H]2C(=O)N[C@@H](CCc3ccccc3)C(=O)N[C@H](Cc3c[nH]c4ccccc34)C(=O)NC(CN3CCNCC3)C(=O)N[C@@H](Cc3ccc(OCc4ccccc4)cc3)C(=O)N[C@@H](CCc3cccnc3)C(=O)N2C1. The van der Waals surface area contributed by atoms with E-state index in [0.29, 0.717) is 56.1 Å². The lowest BCUT2D eigenvalue weighted by molar-refractivity contribution is -0.143. The summed E-state index contributed by atoms with van der Waals surface area (Å²) in [5, 5.41) is 21.6. The molecule has 1 unspecified atom stereocenters. The van der Waals surface area contributed by atoms with Gasteiger partial charge in [-0.1, -0.05) is 97.1 Å². The van der Waals surface area contributed by atoms with Gasteiger partial charge in [-0.3, -0.25) is 38.7 Å². The highest BCUT2D eigenvalue weighted by Crippen LogP contribution is 2.25. The van der Waals surface area contributed by atoms with E-state index in [1.54, 1.807) is 48.9 Å². The Balaban J connectivity index is 1.10. The number of fused-ring (bicyclic) bond motifs is 2. The zero-order valence-corrected chi connectivity index (χ0v) is 45.7. The number of para-hydroxylation sites is 1. The van der Waals surface area contributed by atoms with Crippen LogP contribution in [0.5, 0.6) is 5.75 Å². The molecule has 21 heteroatoms. The van der Waals surface area contributed by atoms with Gasteiger partial charge in [-0.05, 0) is 77.8 Å². The number of ether oxygens (including phenoxy) is 2. The second-order valence-electron chi connectivity index (χ2n) is 21.0. The first kappa shape index (κ1) is 58.0. The van der Waals surface area contributed by atoms with Gasteiger partial charge in [0, 0.05) is 94.6 Å². The molecule has 0 radical (unpaired) electrons. The predicted octanol–water partition coefficient (Wildman–Crippen LogP) is 2.19. The lowest BCUT2D eigenvalue weighted by Crippen LogP contribution is -2.63. The number of carbonyl (C=O) groups excluding carboxylic acids is 7. The van der Waals surface area contributed by atoms with Crippen LogP contribution in [-0.2, 0) is 65.8 Å². The molecule has 0 aliphatic carbocycles. The number of amides is 7. The topological polar surface area (TPSA) is 283 Å². The van der Waals surface area contributed by atoms with E-state index in [1.807, 2.05) is 95.9 Å². The van der Waals surface area contributed by atoms with Gasteiger partial charge in [-0.25, -0.2) is 4.79 Å². The average Bonchev–Trinajstić information content (AvgIpc) is 4.30. The summed E-state index contributed by atoms with van der Waals surface area (Å²) in [6, 6.07) is 29.6. The fraction of sp³-hybridized carbons (Fsp3) is 0.377. The van der Waals surface area contributed by atoms with Crippen LogP contribution >= 0.6 is 0 Å².